The zero-order valence-electron chi connectivity index (χ0n) is 25.0. The maximum absolute atomic E-state index is 14.5. The summed E-state index contributed by atoms with van der Waals surface area (Å²) in [6, 6.07) is 2.36. The Morgan fingerprint density at radius 1 is 1.00 bits per heavy atom. The minimum Gasteiger partial charge on any atom is -0.469 e. The number of carbonyl (C=O) groups is 3. The first-order valence-electron chi connectivity index (χ1n) is 14.8. The molecule has 0 heterocycles. The minimum absolute atomic E-state index is 0.0428. The predicted molar refractivity (Wildman–Crippen MR) is 145 cm³/mol. The molecule has 0 amide bonds. The first-order chi connectivity index (χ1) is 17.5. The molecule has 4 fully saturated rings. The maximum atomic E-state index is 14.5. The van der Waals surface area contributed by atoms with Gasteiger partial charge in [0.1, 0.15) is 5.92 Å². The van der Waals surface area contributed by atoms with E-state index in [1.807, 2.05) is 19.9 Å². The molecule has 5 rings (SSSR count). The third-order valence-electron chi connectivity index (χ3n) is 13.6. The molecule has 5 nitrogen and oxygen atoms in total. The maximum Gasteiger partial charge on any atom is 0.312 e. The van der Waals surface area contributed by atoms with E-state index in [4.69, 9.17) is 4.74 Å². The lowest BCUT2D eigenvalue weighted by Gasteiger charge is -2.70. The van der Waals surface area contributed by atoms with Crippen molar-refractivity contribution in [2.75, 3.05) is 7.11 Å². The number of methoxy groups -OCH3 is 1. The van der Waals surface area contributed by atoms with Crippen molar-refractivity contribution in [3.8, 4) is 6.07 Å². The molecular weight excluding hydrogens is 474 g/mol. The van der Waals surface area contributed by atoms with Crippen LogP contribution in [0, 0.1) is 73.4 Å². The van der Waals surface area contributed by atoms with Gasteiger partial charge in [-0.05, 0) is 90.4 Å². The second kappa shape index (κ2) is 8.05. The van der Waals surface area contributed by atoms with E-state index in [1.54, 1.807) is 0 Å². The van der Waals surface area contributed by atoms with Crippen molar-refractivity contribution in [3.05, 3.63) is 11.6 Å². The summed E-state index contributed by atoms with van der Waals surface area (Å²) in [7, 11) is 1.49. The van der Waals surface area contributed by atoms with Gasteiger partial charge in [-0.2, -0.15) is 5.26 Å². The van der Waals surface area contributed by atoms with Crippen LogP contribution in [0.5, 0.6) is 0 Å². The Morgan fingerprint density at radius 3 is 2.24 bits per heavy atom. The van der Waals surface area contributed by atoms with Crippen LogP contribution >= 0.6 is 0 Å². The Kier molecular flexibility index (Phi) is 5.84. The Labute approximate surface area is 229 Å². The number of allylic oxidation sites excluding steroid dienone is 2. The summed E-state index contributed by atoms with van der Waals surface area (Å²) in [6.07, 6.45) is 7.92. The van der Waals surface area contributed by atoms with Crippen LogP contribution in [0.2, 0.25) is 0 Å². The van der Waals surface area contributed by atoms with E-state index in [-0.39, 0.29) is 57.5 Å². The van der Waals surface area contributed by atoms with Gasteiger partial charge in [0.15, 0.2) is 11.6 Å². The average Bonchev–Trinajstić information content (AvgIpc) is 2.84. The highest BCUT2D eigenvalue weighted by atomic mass is 16.5. The molecule has 0 radical (unpaired) electrons. The molecule has 208 valence electrons. The van der Waals surface area contributed by atoms with Gasteiger partial charge in [0.05, 0.1) is 18.6 Å². The van der Waals surface area contributed by atoms with Crippen LogP contribution in [-0.4, -0.2) is 24.6 Å². The molecule has 0 spiro atoms. The molecule has 0 aromatic carbocycles. The summed E-state index contributed by atoms with van der Waals surface area (Å²) < 4.78 is 5.43. The van der Waals surface area contributed by atoms with E-state index in [0.29, 0.717) is 0 Å². The second-order valence-corrected chi connectivity index (χ2v) is 15.7. The highest BCUT2D eigenvalue weighted by Crippen LogP contribution is 2.75. The zero-order valence-corrected chi connectivity index (χ0v) is 25.0. The Bertz CT molecular complexity index is 1170. The molecule has 5 aliphatic carbocycles. The Balaban J connectivity index is 1.70. The summed E-state index contributed by atoms with van der Waals surface area (Å²) in [6.45, 7) is 17.6. The van der Waals surface area contributed by atoms with Crippen LogP contribution in [0.15, 0.2) is 11.6 Å². The first-order valence-corrected chi connectivity index (χ1v) is 14.8. The lowest BCUT2D eigenvalue weighted by atomic mass is 9.32. The normalized spacial score (nSPS) is 48.8. The molecule has 9 atom stereocenters. The van der Waals surface area contributed by atoms with E-state index in [9.17, 15) is 19.6 Å². The van der Waals surface area contributed by atoms with Gasteiger partial charge < -0.3 is 4.74 Å². The summed E-state index contributed by atoms with van der Waals surface area (Å²) in [5, 5.41) is 10.1. The number of ether oxygens (including phenoxy) is 1. The van der Waals surface area contributed by atoms with Crippen molar-refractivity contribution in [1.29, 1.82) is 5.26 Å². The van der Waals surface area contributed by atoms with Crippen molar-refractivity contribution in [2.45, 2.75) is 100 Å². The first kappa shape index (κ1) is 27.6. The quantitative estimate of drug-likeness (QED) is 0.358. The number of nitriles is 1. The van der Waals surface area contributed by atoms with Gasteiger partial charge in [0.25, 0.3) is 0 Å². The predicted octanol–water partition coefficient (Wildman–Crippen LogP) is 6.70. The Morgan fingerprint density at radius 2 is 1.63 bits per heavy atom. The fourth-order valence-corrected chi connectivity index (χ4v) is 10.9. The fraction of sp³-hybridized carbons (Fsp3) is 0.818. The lowest BCUT2D eigenvalue weighted by Crippen LogP contribution is -2.67. The molecule has 0 aromatic heterocycles. The molecule has 4 saturated carbocycles. The van der Waals surface area contributed by atoms with Crippen LogP contribution in [0.4, 0.5) is 0 Å². The fourth-order valence-electron chi connectivity index (χ4n) is 10.9. The van der Waals surface area contributed by atoms with Gasteiger partial charge in [-0.15, -0.1) is 0 Å². The molecular formula is C33H47NO4. The SMILES string of the molecule is COC(=O)[C@]12CCC(C)(C)C[C@H]1[C@H]1C(=O)C=C3[C@]4(C)C(CC[C@@]3(C)[C@]1(C)CC2)C(C)(C)C(=O)C(C#N)[C@@H]4C. The van der Waals surface area contributed by atoms with Gasteiger partial charge in [0.2, 0.25) is 0 Å². The summed E-state index contributed by atoms with van der Waals surface area (Å²) in [5.41, 5.74) is -0.944. The lowest BCUT2D eigenvalue weighted by molar-refractivity contribution is -0.195. The average molecular weight is 522 g/mol. The minimum atomic E-state index is -0.674. The molecule has 0 bridgehead atoms. The summed E-state index contributed by atoms with van der Waals surface area (Å²) in [4.78, 5) is 41.4. The van der Waals surface area contributed by atoms with Crippen LogP contribution < -0.4 is 0 Å². The van der Waals surface area contributed by atoms with Crippen molar-refractivity contribution >= 4 is 17.5 Å². The Hall–Kier alpha value is -1.96. The molecule has 5 aliphatic rings. The van der Waals surface area contributed by atoms with E-state index in [1.165, 1.54) is 12.7 Å². The van der Waals surface area contributed by atoms with Crippen molar-refractivity contribution in [1.82, 2.24) is 0 Å². The van der Waals surface area contributed by atoms with Crippen LogP contribution in [0.25, 0.3) is 0 Å². The molecule has 38 heavy (non-hydrogen) atoms. The highest BCUT2D eigenvalue weighted by molar-refractivity contribution is 5.97. The van der Waals surface area contributed by atoms with E-state index in [0.717, 1.165) is 44.9 Å². The molecule has 2 unspecified atom stereocenters. The van der Waals surface area contributed by atoms with Gasteiger partial charge in [-0.3, -0.25) is 14.4 Å². The number of hydrogen-bond acceptors (Lipinski definition) is 5. The number of esters is 1. The van der Waals surface area contributed by atoms with E-state index >= 15 is 0 Å². The molecule has 0 aliphatic heterocycles. The largest absolute Gasteiger partial charge is 0.469 e. The molecule has 0 saturated heterocycles. The highest BCUT2D eigenvalue weighted by Gasteiger charge is 2.72. The van der Waals surface area contributed by atoms with Gasteiger partial charge >= 0.3 is 5.97 Å². The third-order valence-corrected chi connectivity index (χ3v) is 13.6. The van der Waals surface area contributed by atoms with Gasteiger partial charge in [-0.25, -0.2) is 0 Å². The number of rotatable bonds is 1. The topological polar surface area (TPSA) is 84.2 Å². The van der Waals surface area contributed by atoms with Gasteiger partial charge in [0, 0.05) is 11.3 Å². The standard InChI is InChI=1S/C33H47NO4/c1-19-20(18-34)26(36)29(4,5)23-10-11-30(6)24(32(19,23)8)16-22(35)25-21-17-28(2,3)12-14-33(21,27(37)38-9)15-13-31(25,30)7/h16,19-21,23,25H,10-15,17H2,1-9H3/t19-,20?,21-,23?,25-,30+,31+,32-,33-/m0/s1. The van der Waals surface area contributed by atoms with E-state index < -0.39 is 22.2 Å². The smallest absolute Gasteiger partial charge is 0.312 e. The summed E-state index contributed by atoms with van der Waals surface area (Å²) in [5.74, 6) is -0.968. The van der Waals surface area contributed by atoms with Crippen molar-refractivity contribution in [3.63, 3.8) is 0 Å². The van der Waals surface area contributed by atoms with Crippen molar-refractivity contribution in [2.24, 2.45) is 62.1 Å². The number of Topliss-reactive ketones (excluding diaryl/α,β-unsaturated/α-hetero) is 1. The van der Waals surface area contributed by atoms with Crippen molar-refractivity contribution < 1.29 is 19.1 Å². The number of ketones is 2. The molecule has 5 heteroatoms. The van der Waals surface area contributed by atoms with E-state index in [2.05, 4.69) is 47.6 Å². The molecule has 0 aromatic rings. The van der Waals surface area contributed by atoms with Crippen LogP contribution in [-0.2, 0) is 19.1 Å². The number of carbonyl (C=O) groups excluding carboxylic acids is 3. The zero-order chi connectivity index (χ0) is 28.3. The van der Waals surface area contributed by atoms with Gasteiger partial charge in [-0.1, -0.05) is 61.0 Å². The summed E-state index contributed by atoms with van der Waals surface area (Å²) >= 11 is 0. The number of hydrogen-bond donors (Lipinski definition) is 0. The second-order valence-electron chi connectivity index (χ2n) is 15.7. The van der Waals surface area contributed by atoms with Crippen LogP contribution in [0.1, 0.15) is 100 Å². The number of fused-ring (bicyclic) bond motifs is 7. The molecule has 0 N–H and O–H groups in total. The monoisotopic (exact) mass is 521 g/mol. The third kappa shape index (κ3) is 3.07. The van der Waals surface area contributed by atoms with Crippen LogP contribution in [0.3, 0.4) is 0 Å². The number of nitrogens with zero attached hydrogens (tertiary/aromatic N) is 1.